The number of alkyl halides is 3. The van der Waals surface area contributed by atoms with Gasteiger partial charge in [0.15, 0.2) is 0 Å². The van der Waals surface area contributed by atoms with Gasteiger partial charge in [-0.2, -0.15) is 13.2 Å². The molecule has 2 aliphatic rings. The summed E-state index contributed by atoms with van der Waals surface area (Å²) in [4.78, 5) is 5.47. The van der Waals surface area contributed by atoms with E-state index in [2.05, 4.69) is 15.2 Å². The first-order chi connectivity index (χ1) is 8.55. The number of hydrogen-bond donors (Lipinski definition) is 1. The van der Waals surface area contributed by atoms with E-state index in [-0.39, 0.29) is 0 Å². The molecule has 0 unspecified atom stereocenters. The zero-order valence-electron chi connectivity index (χ0n) is 9.74. The van der Waals surface area contributed by atoms with Crippen molar-refractivity contribution in [3.63, 3.8) is 0 Å². The molecule has 1 aromatic rings. The minimum Gasteiger partial charge on any atom is -0.367 e. The fraction of sp³-hybridized carbons (Fsp3) is 0.583. The van der Waals surface area contributed by atoms with Crippen molar-refractivity contribution in [3.8, 4) is 0 Å². The van der Waals surface area contributed by atoms with E-state index in [4.69, 9.17) is 0 Å². The van der Waals surface area contributed by atoms with Crippen molar-refractivity contribution < 1.29 is 13.2 Å². The van der Waals surface area contributed by atoms with E-state index < -0.39 is 11.9 Å². The van der Waals surface area contributed by atoms with Crippen LogP contribution >= 0.6 is 0 Å². The van der Waals surface area contributed by atoms with Gasteiger partial charge in [0.1, 0.15) is 5.69 Å². The van der Waals surface area contributed by atoms with Crippen molar-refractivity contribution in [1.29, 1.82) is 0 Å². The van der Waals surface area contributed by atoms with Crippen molar-refractivity contribution in [1.82, 2.24) is 10.3 Å². The minimum absolute atomic E-state index is 0.327. The highest BCUT2D eigenvalue weighted by Gasteiger charge is 2.39. The lowest BCUT2D eigenvalue weighted by Crippen LogP contribution is -2.34. The van der Waals surface area contributed by atoms with Gasteiger partial charge in [-0.25, -0.2) is 0 Å². The topological polar surface area (TPSA) is 28.2 Å². The van der Waals surface area contributed by atoms with Crippen LogP contribution in [0.15, 0.2) is 18.3 Å². The van der Waals surface area contributed by atoms with Gasteiger partial charge < -0.3 is 10.2 Å². The monoisotopic (exact) mass is 257 g/mol. The second kappa shape index (κ2) is 4.12. The van der Waals surface area contributed by atoms with E-state index in [1.54, 1.807) is 6.07 Å². The van der Waals surface area contributed by atoms with E-state index >= 15 is 0 Å². The standard InChI is InChI=1S/C12H14F3N3/c13-12(14,15)11-5-9(1-3-17-11)18-4-2-8-6-16-7-10(8)18/h1,3,5,8,10,16H,2,4,6-7H2/t8-,10+/m0/s1. The first-order valence-electron chi connectivity index (χ1n) is 6.06. The van der Waals surface area contributed by atoms with Crippen molar-refractivity contribution in [2.45, 2.75) is 18.6 Å². The molecule has 1 N–H and O–H groups in total. The predicted molar refractivity (Wildman–Crippen MR) is 61.3 cm³/mol. The van der Waals surface area contributed by atoms with Crippen LogP contribution < -0.4 is 10.2 Å². The molecule has 3 nitrogen and oxygen atoms in total. The second-order valence-corrected chi connectivity index (χ2v) is 4.86. The Kier molecular flexibility index (Phi) is 2.69. The third kappa shape index (κ3) is 1.94. The van der Waals surface area contributed by atoms with E-state index in [1.807, 2.05) is 0 Å². The first-order valence-corrected chi connectivity index (χ1v) is 6.06. The molecule has 6 heteroatoms. The molecule has 3 heterocycles. The van der Waals surface area contributed by atoms with Gasteiger partial charge in [0.2, 0.25) is 0 Å². The molecule has 98 valence electrons. The summed E-state index contributed by atoms with van der Waals surface area (Å²) in [6, 6.07) is 3.14. The van der Waals surface area contributed by atoms with Gasteiger partial charge in [0.25, 0.3) is 0 Å². The van der Waals surface area contributed by atoms with Gasteiger partial charge in [0, 0.05) is 37.6 Å². The molecule has 3 rings (SSSR count). The maximum Gasteiger partial charge on any atom is 0.433 e. The summed E-state index contributed by atoms with van der Waals surface area (Å²) >= 11 is 0. The molecule has 0 aliphatic carbocycles. The number of rotatable bonds is 1. The Morgan fingerprint density at radius 2 is 2.17 bits per heavy atom. The number of nitrogens with zero attached hydrogens (tertiary/aromatic N) is 2. The highest BCUT2D eigenvalue weighted by molar-refractivity contribution is 5.50. The van der Waals surface area contributed by atoms with Gasteiger partial charge in [-0.15, -0.1) is 0 Å². The lowest BCUT2D eigenvalue weighted by atomic mass is 10.1. The van der Waals surface area contributed by atoms with Gasteiger partial charge >= 0.3 is 6.18 Å². The first kappa shape index (κ1) is 11.8. The number of fused-ring (bicyclic) bond motifs is 1. The van der Waals surface area contributed by atoms with E-state index in [0.717, 1.165) is 32.1 Å². The Morgan fingerprint density at radius 1 is 1.33 bits per heavy atom. The predicted octanol–water partition coefficient (Wildman–Crippen LogP) is 1.90. The third-order valence-corrected chi connectivity index (χ3v) is 3.81. The van der Waals surface area contributed by atoms with Gasteiger partial charge in [-0.3, -0.25) is 4.98 Å². The highest BCUT2D eigenvalue weighted by Crippen LogP contribution is 2.34. The summed E-state index contributed by atoms with van der Waals surface area (Å²) < 4.78 is 37.9. The molecular weight excluding hydrogens is 243 g/mol. The normalized spacial score (nSPS) is 27.6. The molecule has 2 fully saturated rings. The smallest absolute Gasteiger partial charge is 0.367 e. The third-order valence-electron chi connectivity index (χ3n) is 3.81. The molecule has 2 atom stereocenters. The molecule has 0 bridgehead atoms. The molecule has 0 spiro atoms. The molecule has 1 aromatic heterocycles. The lowest BCUT2D eigenvalue weighted by Gasteiger charge is -2.26. The van der Waals surface area contributed by atoms with Crippen LogP contribution in [-0.2, 0) is 6.18 Å². The van der Waals surface area contributed by atoms with Crippen molar-refractivity contribution in [2.24, 2.45) is 5.92 Å². The van der Waals surface area contributed by atoms with Crippen LogP contribution in [0, 0.1) is 5.92 Å². The van der Waals surface area contributed by atoms with Crippen molar-refractivity contribution in [3.05, 3.63) is 24.0 Å². The number of aromatic nitrogens is 1. The Labute approximate surface area is 103 Å². The lowest BCUT2D eigenvalue weighted by molar-refractivity contribution is -0.141. The second-order valence-electron chi connectivity index (χ2n) is 4.86. The Balaban J connectivity index is 1.88. The summed E-state index contributed by atoms with van der Waals surface area (Å²) in [6.45, 7) is 2.66. The number of anilines is 1. The van der Waals surface area contributed by atoms with Crippen LogP contribution in [0.5, 0.6) is 0 Å². The molecule has 0 radical (unpaired) electrons. The maximum absolute atomic E-state index is 12.6. The summed E-state index contributed by atoms with van der Waals surface area (Å²) in [5, 5.41) is 3.29. The van der Waals surface area contributed by atoms with E-state index in [1.165, 1.54) is 6.20 Å². The van der Waals surface area contributed by atoms with Crippen LogP contribution in [0.4, 0.5) is 18.9 Å². The van der Waals surface area contributed by atoms with Crippen LogP contribution in [0.2, 0.25) is 0 Å². The molecular formula is C12H14F3N3. The van der Waals surface area contributed by atoms with Gasteiger partial charge in [-0.05, 0) is 24.5 Å². The summed E-state index contributed by atoms with van der Waals surface area (Å²) in [5.74, 6) is 0.563. The number of pyridine rings is 1. The fourth-order valence-corrected chi connectivity index (χ4v) is 2.92. The van der Waals surface area contributed by atoms with Gasteiger partial charge in [0.05, 0.1) is 0 Å². The quantitative estimate of drug-likeness (QED) is 0.833. The fourth-order valence-electron chi connectivity index (χ4n) is 2.92. The molecule has 0 amide bonds. The van der Waals surface area contributed by atoms with Crippen LogP contribution in [-0.4, -0.2) is 30.7 Å². The van der Waals surface area contributed by atoms with Crippen molar-refractivity contribution in [2.75, 3.05) is 24.5 Å². The number of halogens is 3. The number of nitrogens with one attached hydrogen (secondary N) is 1. The molecule has 0 saturated carbocycles. The molecule has 2 saturated heterocycles. The summed E-state index contributed by atoms with van der Waals surface area (Å²) in [5.41, 5.74) is -0.178. The Bertz CT molecular complexity index is 446. The summed E-state index contributed by atoms with van der Waals surface area (Å²) in [6.07, 6.45) is -2.09. The van der Waals surface area contributed by atoms with E-state index in [9.17, 15) is 13.2 Å². The summed E-state index contributed by atoms with van der Waals surface area (Å²) in [7, 11) is 0. The minimum atomic E-state index is -4.37. The number of hydrogen-bond acceptors (Lipinski definition) is 3. The van der Waals surface area contributed by atoms with Crippen LogP contribution in [0.3, 0.4) is 0 Å². The van der Waals surface area contributed by atoms with Crippen LogP contribution in [0.1, 0.15) is 12.1 Å². The Morgan fingerprint density at radius 3 is 2.94 bits per heavy atom. The molecule has 0 aromatic carbocycles. The average Bonchev–Trinajstić information content (AvgIpc) is 2.89. The van der Waals surface area contributed by atoms with Crippen molar-refractivity contribution >= 4 is 5.69 Å². The van der Waals surface area contributed by atoms with Gasteiger partial charge in [-0.1, -0.05) is 0 Å². The van der Waals surface area contributed by atoms with E-state index in [0.29, 0.717) is 17.6 Å². The largest absolute Gasteiger partial charge is 0.433 e. The zero-order valence-corrected chi connectivity index (χ0v) is 9.74. The zero-order chi connectivity index (χ0) is 12.8. The Hall–Kier alpha value is -1.30. The molecule has 18 heavy (non-hydrogen) atoms. The van der Waals surface area contributed by atoms with Crippen LogP contribution in [0.25, 0.3) is 0 Å². The maximum atomic E-state index is 12.6. The molecule has 2 aliphatic heterocycles. The SMILES string of the molecule is FC(F)(F)c1cc(N2CC[C@H]3CNC[C@H]32)ccn1. The highest BCUT2D eigenvalue weighted by atomic mass is 19.4. The average molecular weight is 257 g/mol.